The number of carbonyl (C=O) groups excluding carboxylic acids is 5. The summed E-state index contributed by atoms with van der Waals surface area (Å²) in [6.07, 6.45) is 8.70. The fraction of sp³-hybridized carbons (Fsp3) is 0.409. The lowest BCUT2D eigenvalue weighted by Gasteiger charge is -2.32. The number of aryl methyl sites for hydroxylation is 4. The van der Waals surface area contributed by atoms with Crippen LogP contribution in [0.4, 0.5) is 4.39 Å². The molecule has 1 atom stereocenters. The van der Waals surface area contributed by atoms with Crippen LogP contribution in [0.25, 0.3) is 11.3 Å². The van der Waals surface area contributed by atoms with Crippen molar-refractivity contribution in [2.24, 2.45) is 5.73 Å². The number of nitrogens with one attached hydrogen (secondary N) is 2. The lowest BCUT2D eigenvalue weighted by Crippen LogP contribution is -2.41. The zero-order chi connectivity index (χ0) is 70.4. The maximum Gasteiger partial charge on any atom is 0.513 e. The first-order chi connectivity index (χ1) is 45.9. The predicted molar refractivity (Wildman–Crippen MR) is 385 cm³/mol. The van der Waals surface area contributed by atoms with E-state index in [0.717, 1.165) is 88.8 Å². The second-order valence-corrected chi connectivity index (χ2v) is 29.6. The van der Waals surface area contributed by atoms with E-state index in [2.05, 4.69) is 64.3 Å². The number of aromatic amines is 1. The van der Waals surface area contributed by atoms with E-state index in [-0.39, 0.29) is 86.3 Å². The predicted octanol–water partition coefficient (Wildman–Crippen LogP) is 12.8. The Morgan fingerprint density at radius 1 is 0.771 bits per heavy atom. The monoisotopic (exact) mass is 1560 g/mol. The number of carbonyl (C=O) groups is 5. The largest absolute Gasteiger partial charge is 0.513 e. The molecular formula is C66H79BBr2ClFN6O14S5. The van der Waals surface area contributed by atoms with Gasteiger partial charge in [-0.2, -0.15) is 10.2 Å². The highest BCUT2D eigenvalue weighted by Gasteiger charge is 2.52. The number of halogens is 4. The van der Waals surface area contributed by atoms with Gasteiger partial charge in [0.15, 0.2) is 0 Å². The van der Waals surface area contributed by atoms with Crippen molar-refractivity contribution in [3.8, 4) is 23.1 Å². The zero-order valence-electron chi connectivity index (χ0n) is 54.4. The third-order valence-corrected chi connectivity index (χ3v) is 21.1. The van der Waals surface area contributed by atoms with E-state index in [0.29, 0.717) is 68.7 Å². The average molecular weight is 1570 g/mol. The SMILES string of the molecule is CC1(C)OB(c2ccn[nH]2)OC1(C)C.CCOC(=O)c1cc(Br)c(CCCO)s1.CCOC(=O)c1ccc(Br)s1.CCOC(=O)c1ccc(C#CCO)s1.CCOC(=O)c1ccc(CCCO)s1.NC[C@H](Cc1cccc(F)c1)NC(=O)c1cc2c(s1)CCCn1ncc(Cl)c1-2. The fourth-order valence-corrected chi connectivity index (χ4v) is 14.7. The molecule has 0 radical (unpaired) electrons. The van der Waals surface area contributed by atoms with Crippen LogP contribution in [0.15, 0.2) is 99.5 Å². The standard InChI is InChI=1S/C20H20ClFN4OS.C10H13BrO3S.C10H14O3S.C10H10O3S.C9H15BN2O2.C7H7BrO2S/c21-16-11-24-26-6-2-5-17-15(19(16)26)9-18(28-17)20(27)25-14(10-23)8-12-3-1-4-13(22)7-12;1-2-14-10(13)9-6-7(11)8(15-9)4-3-5-12;2*1-2-13-10(12)9-6-5-8(14-9)4-3-7-11;1-8(2)9(3,4)14-10(13-8)7-5-6-11-12-7;1-2-10-7(9)5-3-4-6(8)11-5/h1,3-4,7,9,11,14H,2,5-6,8,10,23H2,(H,25,27);6,12H,2-5H2,1H3;5-6,11H,2-4,7H2,1H3;5-6,11H,2,7H2,1H3;5-6H,1-4H3,(H,11,12);3-4H,2H2,1H3/t14-;;;;;/m0...../s1. The smallest absolute Gasteiger partial charge is 0.462 e. The summed E-state index contributed by atoms with van der Waals surface area (Å²) in [5.74, 6) is 3.66. The van der Waals surface area contributed by atoms with Crippen LogP contribution in [0.1, 0.15) is 148 Å². The van der Waals surface area contributed by atoms with Crippen LogP contribution in [0, 0.1) is 17.7 Å². The number of esters is 4. The number of fused-ring (bicyclic) bond motifs is 3. The summed E-state index contributed by atoms with van der Waals surface area (Å²) in [7, 11) is -0.331. The first-order valence-electron chi connectivity index (χ1n) is 30.6. The Balaban J connectivity index is 0.000000216. The molecule has 1 aromatic carbocycles. The molecule has 1 fully saturated rings. The number of benzene rings is 1. The average Bonchev–Trinajstić information content (AvgIpc) is 1.64. The van der Waals surface area contributed by atoms with Gasteiger partial charge in [0.05, 0.1) is 73.7 Å². The number of aliphatic hydroxyl groups excluding tert-OH is 3. The third-order valence-electron chi connectivity index (χ3n) is 13.8. The van der Waals surface area contributed by atoms with Crippen molar-refractivity contribution in [1.29, 1.82) is 0 Å². The van der Waals surface area contributed by atoms with Crippen molar-refractivity contribution in [2.45, 2.75) is 124 Å². The van der Waals surface area contributed by atoms with Gasteiger partial charge in [-0.3, -0.25) is 14.6 Å². The minimum atomic E-state index is -0.331. The van der Waals surface area contributed by atoms with Crippen LogP contribution in [0.3, 0.4) is 0 Å². The summed E-state index contributed by atoms with van der Waals surface area (Å²) in [6, 6.07) is 22.3. The Bertz CT molecular complexity index is 3790. The number of hydrogen-bond donors (Lipinski definition) is 6. The van der Waals surface area contributed by atoms with Crippen LogP contribution in [0.2, 0.25) is 5.02 Å². The summed E-state index contributed by atoms with van der Waals surface area (Å²) >= 11 is 20.0. The van der Waals surface area contributed by atoms with Gasteiger partial charge in [0, 0.05) is 63.2 Å². The van der Waals surface area contributed by atoms with E-state index in [1.807, 2.05) is 62.7 Å². The van der Waals surface area contributed by atoms with Crippen molar-refractivity contribution in [3.63, 3.8) is 0 Å². The number of aliphatic hydroxyl groups is 3. The van der Waals surface area contributed by atoms with Crippen molar-refractivity contribution < 1.29 is 71.9 Å². The number of amides is 1. The highest BCUT2D eigenvalue weighted by Crippen LogP contribution is 2.39. The van der Waals surface area contributed by atoms with Gasteiger partial charge < -0.3 is 54.6 Å². The lowest BCUT2D eigenvalue weighted by molar-refractivity contribution is 0.00578. The number of ether oxygens (including phenoxy) is 4. The molecule has 2 aliphatic rings. The van der Waals surface area contributed by atoms with Gasteiger partial charge in [-0.15, -0.1) is 56.7 Å². The number of nitrogens with zero attached hydrogens (tertiary/aromatic N) is 3. The third kappa shape index (κ3) is 25.4. The second-order valence-electron chi connectivity index (χ2n) is 21.4. The van der Waals surface area contributed by atoms with Gasteiger partial charge in [0.1, 0.15) is 31.9 Å². The Morgan fingerprint density at radius 3 is 1.95 bits per heavy atom. The second kappa shape index (κ2) is 41.5. The van der Waals surface area contributed by atoms with Crippen LogP contribution >= 0.6 is 100 Å². The van der Waals surface area contributed by atoms with E-state index >= 15 is 0 Å². The molecule has 20 nitrogen and oxygen atoms in total. The minimum absolute atomic E-state index is 0.166. The summed E-state index contributed by atoms with van der Waals surface area (Å²) in [5, 5.41) is 40.5. The molecule has 10 rings (SSSR count). The van der Waals surface area contributed by atoms with Crippen LogP contribution in [-0.4, -0.2) is 142 Å². The summed E-state index contributed by atoms with van der Waals surface area (Å²) in [4.78, 5) is 64.9. The van der Waals surface area contributed by atoms with Gasteiger partial charge >= 0.3 is 31.0 Å². The number of aromatic nitrogens is 4. The zero-order valence-corrected chi connectivity index (χ0v) is 62.4. The van der Waals surface area contributed by atoms with Gasteiger partial charge in [0.25, 0.3) is 5.91 Å². The van der Waals surface area contributed by atoms with E-state index < -0.39 is 0 Å². The normalized spacial score (nSPS) is 13.1. The van der Waals surface area contributed by atoms with Crippen LogP contribution in [-0.2, 0) is 60.5 Å². The van der Waals surface area contributed by atoms with Crippen LogP contribution in [0.5, 0.6) is 0 Å². The number of rotatable bonds is 20. The minimum Gasteiger partial charge on any atom is -0.462 e. The Morgan fingerprint density at radius 2 is 1.38 bits per heavy atom. The topological polar surface area (TPSA) is 286 Å². The number of nitrogens with two attached hydrogens (primary N) is 1. The molecule has 7 aromatic heterocycles. The van der Waals surface area contributed by atoms with E-state index in [1.54, 1.807) is 76.5 Å². The molecule has 0 bridgehead atoms. The van der Waals surface area contributed by atoms with Crippen molar-refractivity contribution in [1.82, 2.24) is 25.3 Å². The van der Waals surface area contributed by atoms with Crippen molar-refractivity contribution >= 4 is 143 Å². The first kappa shape index (κ1) is 80.7. The Hall–Kier alpha value is -5.95. The molecule has 518 valence electrons. The molecule has 30 heteroatoms. The molecule has 0 unspecified atom stereocenters. The molecule has 2 aliphatic heterocycles. The number of hydrogen-bond acceptors (Lipinski definition) is 22. The molecule has 7 N–H and O–H groups in total. The summed E-state index contributed by atoms with van der Waals surface area (Å²) < 4.78 is 48.2. The van der Waals surface area contributed by atoms with Crippen molar-refractivity contribution in [3.05, 3.63) is 160 Å². The maximum absolute atomic E-state index is 13.4. The molecule has 1 amide bonds. The summed E-state index contributed by atoms with van der Waals surface area (Å²) in [5.41, 5.74) is 8.78. The molecule has 96 heavy (non-hydrogen) atoms. The quantitative estimate of drug-likeness (QED) is 0.0179. The molecule has 0 aliphatic carbocycles. The molecule has 8 aromatic rings. The maximum atomic E-state index is 13.4. The number of H-pyrrole nitrogens is 1. The van der Waals surface area contributed by atoms with Gasteiger partial charge in [-0.1, -0.05) is 35.6 Å². The Kier molecular flexibility index (Phi) is 34.9. The molecule has 0 saturated carbocycles. The lowest BCUT2D eigenvalue weighted by atomic mass is 9.85. The highest BCUT2D eigenvalue weighted by atomic mass is 79.9. The first-order valence-corrected chi connectivity index (χ1v) is 36.7. The Labute approximate surface area is 600 Å². The molecule has 0 spiro atoms. The molecule has 1 saturated heterocycles. The van der Waals surface area contributed by atoms with Gasteiger partial charge in [0.2, 0.25) is 0 Å². The van der Waals surface area contributed by atoms with E-state index in [1.165, 1.54) is 68.8 Å². The van der Waals surface area contributed by atoms with Gasteiger partial charge in [-0.05, 0) is 204 Å². The van der Waals surface area contributed by atoms with Gasteiger partial charge in [-0.25, -0.2) is 23.6 Å². The molecular weight excluding hydrogens is 1490 g/mol. The summed E-state index contributed by atoms with van der Waals surface area (Å²) in [6.45, 7) is 18.1. The van der Waals surface area contributed by atoms with E-state index in [9.17, 15) is 28.4 Å². The van der Waals surface area contributed by atoms with Crippen molar-refractivity contribution in [2.75, 3.05) is 52.8 Å². The number of thiophene rings is 5. The molecule has 9 heterocycles. The highest BCUT2D eigenvalue weighted by molar-refractivity contribution is 9.11. The van der Waals surface area contributed by atoms with E-state index in [4.69, 9.17) is 60.9 Å². The van der Waals surface area contributed by atoms with Crippen LogP contribution < -0.4 is 16.6 Å². The fourth-order valence-electron chi connectivity index (χ4n) is 8.55.